The maximum atomic E-state index is 7.22. The Morgan fingerprint density at radius 2 is 1.22 bits per heavy atom. The maximum Gasteiger partial charge on any atom is 0.160 e. The molecule has 7 aromatic carbocycles. The highest BCUT2D eigenvalue weighted by Gasteiger charge is 2.38. The molecule has 1 fully saturated rings. The van der Waals surface area contributed by atoms with E-state index in [0.29, 0.717) is 11.9 Å². The van der Waals surface area contributed by atoms with Crippen LogP contribution in [0.4, 0.5) is 0 Å². The van der Waals surface area contributed by atoms with Gasteiger partial charge >= 0.3 is 0 Å². The maximum absolute atomic E-state index is 7.22. The van der Waals surface area contributed by atoms with Gasteiger partial charge in [0.15, 0.2) is 5.82 Å². The molecule has 0 radical (unpaired) electrons. The minimum atomic E-state index is -0.182. The largest absolute Gasteiger partial charge is 0.456 e. The van der Waals surface area contributed by atoms with Crippen LogP contribution < -0.4 is 5.73 Å². The van der Waals surface area contributed by atoms with Crippen LogP contribution in [0.15, 0.2) is 199 Å². The van der Waals surface area contributed by atoms with Crippen LogP contribution in [-0.2, 0) is 0 Å². The molecule has 59 heavy (non-hydrogen) atoms. The summed E-state index contributed by atoms with van der Waals surface area (Å²) in [4.78, 5) is 12.7. The Morgan fingerprint density at radius 1 is 0.610 bits per heavy atom. The summed E-state index contributed by atoms with van der Waals surface area (Å²) < 4.78 is 6.27. The molecule has 9 aromatic rings. The standard InChI is InChI=1S/C54H44N4O/c1-2-36(32-49(37-16-6-3-7-17-37)58-35-50(58)38-18-8-4-9-19-38)53(55)44-25-15-23-41(31-44)40-22-14-24-42(30-40)47-34-48(57-54(56-47)39-20-10-5-11-21-39)43-28-29-46-45-26-12-13-27-51(45)59-52(46)33-43/h3-34,36,50,53H,2,35,55H2,1H3/b49-32-. The molecule has 0 saturated carbocycles. The molecular formula is C54H44N4O. The molecule has 10 rings (SSSR count). The van der Waals surface area contributed by atoms with E-state index in [1.807, 2.05) is 36.4 Å². The molecule has 0 amide bonds. The van der Waals surface area contributed by atoms with Crippen molar-refractivity contribution in [2.75, 3.05) is 6.54 Å². The van der Waals surface area contributed by atoms with E-state index in [1.54, 1.807) is 0 Å². The van der Waals surface area contributed by atoms with Crippen molar-refractivity contribution >= 4 is 27.6 Å². The van der Waals surface area contributed by atoms with Crippen LogP contribution in [0.3, 0.4) is 0 Å². The van der Waals surface area contributed by atoms with Crippen LogP contribution in [0, 0.1) is 5.92 Å². The third-order valence-electron chi connectivity index (χ3n) is 11.7. The molecule has 1 aliphatic rings. The smallest absolute Gasteiger partial charge is 0.160 e. The molecular weight excluding hydrogens is 721 g/mol. The Hall–Kier alpha value is -7.08. The molecule has 0 spiro atoms. The van der Waals surface area contributed by atoms with E-state index in [2.05, 4.69) is 170 Å². The fraction of sp³-hybridized carbons (Fsp3) is 0.111. The molecule has 3 heterocycles. The quantitative estimate of drug-likeness (QED) is 0.133. The van der Waals surface area contributed by atoms with Crippen LogP contribution in [0.5, 0.6) is 0 Å². The number of para-hydroxylation sites is 1. The molecule has 1 aliphatic heterocycles. The summed E-state index contributed by atoms with van der Waals surface area (Å²) in [6, 6.07) is 65.9. The highest BCUT2D eigenvalue weighted by atomic mass is 16.3. The van der Waals surface area contributed by atoms with Crippen molar-refractivity contribution in [3.63, 3.8) is 0 Å². The summed E-state index contributed by atoms with van der Waals surface area (Å²) in [6.45, 7) is 3.24. The molecule has 2 N–H and O–H groups in total. The van der Waals surface area contributed by atoms with Gasteiger partial charge in [-0.25, -0.2) is 9.97 Å². The fourth-order valence-electron chi connectivity index (χ4n) is 8.39. The molecule has 286 valence electrons. The summed E-state index contributed by atoms with van der Waals surface area (Å²) >= 11 is 0. The third-order valence-corrected chi connectivity index (χ3v) is 11.7. The predicted molar refractivity (Wildman–Crippen MR) is 242 cm³/mol. The van der Waals surface area contributed by atoms with E-state index >= 15 is 0 Å². The lowest BCUT2D eigenvalue weighted by molar-refractivity contribution is 0.503. The van der Waals surface area contributed by atoms with Crippen molar-refractivity contribution in [3.05, 3.63) is 211 Å². The lowest BCUT2D eigenvalue weighted by Gasteiger charge is -2.23. The summed E-state index contributed by atoms with van der Waals surface area (Å²) in [5.74, 6) is 0.811. The minimum absolute atomic E-state index is 0.137. The zero-order valence-corrected chi connectivity index (χ0v) is 32.9. The summed E-state index contributed by atoms with van der Waals surface area (Å²) in [5.41, 5.74) is 20.7. The Kier molecular flexibility index (Phi) is 9.65. The van der Waals surface area contributed by atoms with Crippen molar-refractivity contribution < 1.29 is 4.42 Å². The zero-order valence-electron chi connectivity index (χ0n) is 32.9. The number of nitrogens with zero attached hydrogens (tertiary/aromatic N) is 3. The number of furan rings is 1. The van der Waals surface area contributed by atoms with E-state index in [1.165, 1.54) is 16.8 Å². The Balaban J connectivity index is 0.981. The van der Waals surface area contributed by atoms with Crippen molar-refractivity contribution in [1.82, 2.24) is 14.9 Å². The molecule has 0 aliphatic carbocycles. The molecule has 5 heteroatoms. The van der Waals surface area contributed by atoms with Crippen LogP contribution >= 0.6 is 0 Å². The first-order valence-electron chi connectivity index (χ1n) is 20.5. The van der Waals surface area contributed by atoms with Gasteiger partial charge in [-0.05, 0) is 76.6 Å². The van der Waals surface area contributed by atoms with Gasteiger partial charge in [0, 0.05) is 45.7 Å². The summed E-state index contributed by atoms with van der Waals surface area (Å²) in [6.07, 6.45) is 3.34. The van der Waals surface area contributed by atoms with E-state index in [9.17, 15) is 0 Å². The molecule has 3 unspecified atom stereocenters. The second-order valence-electron chi connectivity index (χ2n) is 15.4. The number of hydrogen-bond donors (Lipinski definition) is 1. The highest BCUT2D eigenvalue weighted by molar-refractivity contribution is 6.05. The lowest BCUT2D eigenvalue weighted by atomic mass is 9.88. The number of aromatic nitrogens is 2. The fourth-order valence-corrected chi connectivity index (χ4v) is 8.39. The third kappa shape index (κ3) is 7.33. The number of hydrogen-bond acceptors (Lipinski definition) is 5. The average molecular weight is 765 g/mol. The first-order chi connectivity index (χ1) is 29.1. The van der Waals surface area contributed by atoms with Gasteiger partial charge in [-0.2, -0.15) is 0 Å². The van der Waals surface area contributed by atoms with Crippen molar-refractivity contribution in [3.8, 4) is 45.0 Å². The van der Waals surface area contributed by atoms with Gasteiger partial charge in [-0.1, -0.05) is 165 Å². The van der Waals surface area contributed by atoms with Crippen molar-refractivity contribution in [2.45, 2.75) is 25.4 Å². The highest BCUT2D eigenvalue weighted by Crippen LogP contribution is 2.44. The molecule has 5 nitrogen and oxygen atoms in total. The van der Waals surface area contributed by atoms with Crippen LogP contribution in [0.1, 0.15) is 42.1 Å². The molecule has 3 atom stereocenters. The van der Waals surface area contributed by atoms with E-state index in [0.717, 1.165) is 79.7 Å². The van der Waals surface area contributed by atoms with Crippen LogP contribution in [0.25, 0.3) is 72.7 Å². The normalized spacial score (nSPS) is 15.1. The Bertz CT molecular complexity index is 2940. The number of rotatable bonds is 11. The van der Waals surface area contributed by atoms with Gasteiger partial charge in [0.2, 0.25) is 0 Å². The van der Waals surface area contributed by atoms with Crippen LogP contribution in [0.2, 0.25) is 0 Å². The average Bonchev–Trinajstić information content (AvgIpc) is 4.02. The Labute approximate surface area is 345 Å². The SMILES string of the molecule is CCC(/C=C(/c1ccccc1)N1CC1c1ccccc1)C(N)c1cccc(-c2cccc(-c3cc(-c4ccc5c(c4)oc4ccccc45)nc(-c4ccccc4)n3)c2)c1. The number of benzene rings is 7. The molecule has 1 saturated heterocycles. The molecule has 2 aromatic heterocycles. The van der Waals surface area contributed by atoms with Crippen molar-refractivity contribution in [1.29, 1.82) is 0 Å². The second kappa shape index (κ2) is 15.7. The van der Waals surface area contributed by atoms with Gasteiger partial charge < -0.3 is 15.1 Å². The topological polar surface area (TPSA) is 68.0 Å². The molecule has 0 bridgehead atoms. The Morgan fingerprint density at radius 3 is 1.98 bits per heavy atom. The van der Waals surface area contributed by atoms with Crippen molar-refractivity contribution in [2.24, 2.45) is 11.7 Å². The number of fused-ring (bicyclic) bond motifs is 3. The minimum Gasteiger partial charge on any atom is -0.456 e. The summed E-state index contributed by atoms with van der Waals surface area (Å²) in [5, 5.41) is 2.20. The van der Waals surface area contributed by atoms with E-state index in [-0.39, 0.29) is 12.0 Å². The predicted octanol–water partition coefficient (Wildman–Crippen LogP) is 13.2. The lowest BCUT2D eigenvalue weighted by Crippen LogP contribution is -2.20. The van der Waals surface area contributed by atoms with Gasteiger partial charge in [0.05, 0.1) is 17.4 Å². The zero-order chi connectivity index (χ0) is 39.7. The van der Waals surface area contributed by atoms with Gasteiger partial charge in [0.25, 0.3) is 0 Å². The van der Waals surface area contributed by atoms with E-state index < -0.39 is 0 Å². The summed E-state index contributed by atoms with van der Waals surface area (Å²) in [7, 11) is 0. The van der Waals surface area contributed by atoms with E-state index in [4.69, 9.17) is 20.1 Å². The van der Waals surface area contributed by atoms with Crippen LogP contribution in [-0.4, -0.2) is 21.4 Å². The number of nitrogens with two attached hydrogens (primary N) is 1. The van der Waals surface area contributed by atoms with Gasteiger partial charge in [-0.3, -0.25) is 0 Å². The second-order valence-corrected chi connectivity index (χ2v) is 15.4. The van der Waals surface area contributed by atoms with Gasteiger partial charge in [0.1, 0.15) is 11.2 Å². The first-order valence-corrected chi connectivity index (χ1v) is 20.5. The van der Waals surface area contributed by atoms with Gasteiger partial charge in [-0.15, -0.1) is 0 Å². The monoisotopic (exact) mass is 764 g/mol. The first kappa shape index (κ1) is 36.3.